The van der Waals surface area contributed by atoms with Crippen molar-refractivity contribution in [2.45, 2.75) is 50.7 Å². The van der Waals surface area contributed by atoms with Gasteiger partial charge in [0.1, 0.15) is 0 Å². The van der Waals surface area contributed by atoms with Crippen molar-refractivity contribution < 1.29 is 4.74 Å². The summed E-state index contributed by atoms with van der Waals surface area (Å²) in [7, 11) is 0. The minimum absolute atomic E-state index is 0.0519. The largest absolute Gasteiger partial charge is 0.374 e. The maximum Gasteiger partial charge on any atom is 0.0835 e. The molecule has 1 unspecified atom stereocenters. The van der Waals surface area contributed by atoms with E-state index < -0.39 is 0 Å². The summed E-state index contributed by atoms with van der Waals surface area (Å²) in [5, 5.41) is 0. The first-order valence-corrected chi connectivity index (χ1v) is 7.44. The van der Waals surface area contributed by atoms with E-state index in [0.717, 1.165) is 30.3 Å². The predicted molar refractivity (Wildman–Crippen MR) is 76.4 cm³/mol. The third-order valence-corrected chi connectivity index (χ3v) is 4.21. The van der Waals surface area contributed by atoms with E-state index in [9.17, 15) is 0 Å². The molecule has 0 saturated heterocycles. The number of halogens is 1. The molecule has 1 aliphatic rings. The van der Waals surface area contributed by atoms with Crippen molar-refractivity contribution in [3.63, 3.8) is 0 Å². The van der Waals surface area contributed by atoms with Gasteiger partial charge in [0.2, 0.25) is 0 Å². The molecule has 1 saturated carbocycles. The molecule has 0 radical (unpaired) electrons. The van der Waals surface area contributed by atoms with E-state index in [1.54, 1.807) is 6.20 Å². The average Bonchev–Trinajstić information content (AvgIpc) is 2.79. The van der Waals surface area contributed by atoms with Gasteiger partial charge in [0.15, 0.2) is 0 Å². The Labute approximate surface area is 117 Å². The topological polar surface area (TPSA) is 48.1 Å². The molecule has 1 heterocycles. The van der Waals surface area contributed by atoms with Crippen LogP contribution in [0.1, 0.15) is 38.2 Å². The van der Waals surface area contributed by atoms with Crippen molar-refractivity contribution in [2.75, 3.05) is 6.61 Å². The monoisotopic (exact) mass is 312 g/mol. The Kier molecular flexibility index (Phi) is 4.76. The Morgan fingerprint density at radius 1 is 1.44 bits per heavy atom. The standard InChI is InChI=1S/C14H21BrN2O/c1-2-18-14(5-3-4-6-14)13(16)8-11-7-12(15)10-17-9-11/h7,9-10,13H,2-6,8,16H2,1H3. The number of hydrogen-bond acceptors (Lipinski definition) is 3. The lowest BCUT2D eigenvalue weighted by atomic mass is 9.88. The van der Waals surface area contributed by atoms with Crippen molar-refractivity contribution >= 4 is 15.9 Å². The number of pyridine rings is 1. The van der Waals surface area contributed by atoms with Crippen molar-refractivity contribution in [2.24, 2.45) is 5.73 Å². The Bertz CT molecular complexity index is 391. The third-order valence-electron chi connectivity index (χ3n) is 3.77. The minimum atomic E-state index is -0.114. The number of nitrogens with zero attached hydrogens (tertiary/aromatic N) is 1. The second-order valence-electron chi connectivity index (χ2n) is 5.03. The molecule has 2 N–H and O–H groups in total. The molecule has 0 aliphatic heterocycles. The van der Waals surface area contributed by atoms with Crippen LogP contribution in [0.2, 0.25) is 0 Å². The van der Waals surface area contributed by atoms with Crippen LogP contribution in [-0.2, 0) is 11.2 Å². The van der Waals surface area contributed by atoms with E-state index >= 15 is 0 Å². The Hall–Kier alpha value is -0.450. The first-order chi connectivity index (χ1) is 8.66. The van der Waals surface area contributed by atoms with Crippen molar-refractivity contribution in [3.8, 4) is 0 Å². The van der Waals surface area contributed by atoms with Gasteiger partial charge in [-0.15, -0.1) is 0 Å². The van der Waals surface area contributed by atoms with Crippen molar-refractivity contribution in [1.29, 1.82) is 0 Å². The van der Waals surface area contributed by atoms with Crippen LogP contribution < -0.4 is 5.73 Å². The molecule has 1 atom stereocenters. The summed E-state index contributed by atoms with van der Waals surface area (Å²) < 4.78 is 7.00. The summed E-state index contributed by atoms with van der Waals surface area (Å²) >= 11 is 3.45. The number of hydrogen-bond donors (Lipinski definition) is 1. The molecular formula is C14H21BrN2O. The third kappa shape index (κ3) is 3.11. The summed E-state index contributed by atoms with van der Waals surface area (Å²) in [6.45, 7) is 2.79. The Morgan fingerprint density at radius 3 is 2.78 bits per heavy atom. The van der Waals surface area contributed by atoms with Gasteiger partial charge in [-0.2, -0.15) is 0 Å². The van der Waals surface area contributed by atoms with Crippen LogP contribution in [0.5, 0.6) is 0 Å². The minimum Gasteiger partial charge on any atom is -0.374 e. The number of aromatic nitrogens is 1. The van der Waals surface area contributed by atoms with E-state index in [2.05, 4.69) is 27.0 Å². The fourth-order valence-corrected chi connectivity index (χ4v) is 3.30. The molecule has 1 aromatic heterocycles. The first-order valence-electron chi connectivity index (χ1n) is 6.65. The zero-order valence-electron chi connectivity index (χ0n) is 10.9. The lowest BCUT2D eigenvalue weighted by Crippen LogP contribution is -2.49. The Balaban J connectivity index is 2.07. The zero-order valence-corrected chi connectivity index (χ0v) is 12.4. The maximum atomic E-state index is 6.41. The van der Waals surface area contributed by atoms with Crippen LogP contribution in [0.3, 0.4) is 0 Å². The van der Waals surface area contributed by atoms with Gasteiger partial charge in [-0.05, 0) is 53.7 Å². The van der Waals surface area contributed by atoms with Gasteiger partial charge in [-0.3, -0.25) is 4.98 Å². The summed E-state index contributed by atoms with van der Waals surface area (Å²) in [6, 6.07) is 2.14. The highest BCUT2D eigenvalue weighted by molar-refractivity contribution is 9.10. The molecule has 1 fully saturated rings. The molecule has 100 valence electrons. The highest BCUT2D eigenvalue weighted by Gasteiger charge is 2.40. The molecule has 0 spiro atoms. The molecule has 0 bridgehead atoms. The summed E-state index contributed by atoms with van der Waals surface area (Å²) in [6.07, 6.45) is 9.14. The molecule has 2 rings (SSSR count). The van der Waals surface area contributed by atoms with Gasteiger partial charge in [0, 0.05) is 29.5 Å². The summed E-state index contributed by atoms with van der Waals surface area (Å²) in [4.78, 5) is 4.19. The first kappa shape index (κ1) is 14.0. The molecule has 0 amide bonds. The smallest absolute Gasteiger partial charge is 0.0835 e. The lowest BCUT2D eigenvalue weighted by molar-refractivity contribution is -0.0525. The molecule has 1 aliphatic carbocycles. The van der Waals surface area contributed by atoms with Crippen LogP contribution in [-0.4, -0.2) is 23.2 Å². The van der Waals surface area contributed by atoms with Crippen molar-refractivity contribution in [3.05, 3.63) is 28.5 Å². The van der Waals surface area contributed by atoms with Crippen LogP contribution in [0.25, 0.3) is 0 Å². The van der Waals surface area contributed by atoms with Gasteiger partial charge in [-0.1, -0.05) is 12.8 Å². The highest BCUT2D eigenvalue weighted by atomic mass is 79.9. The van der Waals surface area contributed by atoms with Crippen LogP contribution in [0.4, 0.5) is 0 Å². The van der Waals surface area contributed by atoms with Crippen LogP contribution in [0.15, 0.2) is 22.9 Å². The van der Waals surface area contributed by atoms with E-state index in [-0.39, 0.29) is 11.6 Å². The fraction of sp³-hybridized carbons (Fsp3) is 0.643. The quantitative estimate of drug-likeness (QED) is 0.909. The molecule has 0 aromatic carbocycles. The van der Waals surface area contributed by atoms with E-state index in [4.69, 9.17) is 10.5 Å². The average molecular weight is 313 g/mol. The van der Waals surface area contributed by atoms with Gasteiger partial charge < -0.3 is 10.5 Å². The van der Waals surface area contributed by atoms with Gasteiger partial charge >= 0.3 is 0 Å². The zero-order chi connectivity index (χ0) is 13.0. The van der Waals surface area contributed by atoms with Crippen LogP contribution in [0, 0.1) is 0 Å². The number of ether oxygens (including phenoxy) is 1. The predicted octanol–water partition coefficient (Wildman–Crippen LogP) is 3.06. The van der Waals surface area contributed by atoms with Gasteiger partial charge in [-0.25, -0.2) is 0 Å². The Morgan fingerprint density at radius 2 is 2.17 bits per heavy atom. The SMILES string of the molecule is CCOC1(C(N)Cc2cncc(Br)c2)CCCC1. The van der Waals surface area contributed by atoms with Gasteiger partial charge in [0.25, 0.3) is 0 Å². The van der Waals surface area contributed by atoms with E-state index in [1.807, 2.05) is 13.1 Å². The normalized spacial score (nSPS) is 19.9. The van der Waals surface area contributed by atoms with E-state index in [1.165, 1.54) is 18.4 Å². The number of rotatable bonds is 5. The van der Waals surface area contributed by atoms with Crippen molar-refractivity contribution in [1.82, 2.24) is 4.98 Å². The molecule has 1 aromatic rings. The second-order valence-corrected chi connectivity index (χ2v) is 5.94. The van der Waals surface area contributed by atoms with E-state index in [0.29, 0.717) is 0 Å². The summed E-state index contributed by atoms with van der Waals surface area (Å²) in [5.74, 6) is 0. The molecule has 4 heteroatoms. The lowest BCUT2D eigenvalue weighted by Gasteiger charge is -2.35. The number of nitrogens with two attached hydrogens (primary N) is 1. The maximum absolute atomic E-state index is 6.41. The van der Waals surface area contributed by atoms with Crippen LogP contribution >= 0.6 is 15.9 Å². The fourth-order valence-electron chi connectivity index (χ4n) is 2.89. The highest BCUT2D eigenvalue weighted by Crippen LogP contribution is 2.36. The van der Waals surface area contributed by atoms with Gasteiger partial charge in [0.05, 0.1) is 5.60 Å². The molecular weight excluding hydrogens is 292 g/mol. The molecule has 3 nitrogen and oxygen atoms in total. The molecule has 18 heavy (non-hydrogen) atoms. The second kappa shape index (κ2) is 6.13. The summed E-state index contributed by atoms with van der Waals surface area (Å²) in [5.41, 5.74) is 7.47.